The average Bonchev–Trinajstić information content (AvgIpc) is 3.18. The lowest BCUT2D eigenvalue weighted by molar-refractivity contribution is -0.154. The molecule has 2 atom stereocenters. The van der Waals surface area contributed by atoms with E-state index in [4.69, 9.17) is 9.72 Å². The van der Waals surface area contributed by atoms with E-state index in [2.05, 4.69) is 18.4 Å². The lowest BCUT2D eigenvalue weighted by Gasteiger charge is -2.23. The molecule has 1 aromatic heterocycles. The fourth-order valence-corrected chi connectivity index (χ4v) is 5.52. The first-order valence-corrected chi connectivity index (χ1v) is 12.5. The van der Waals surface area contributed by atoms with Gasteiger partial charge in [-0.15, -0.1) is 0 Å². The predicted octanol–water partition coefficient (Wildman–Crippen LogP) is 5.77. The molecule has 1 saturated heterocycles. The Labute approximate surface area is 196 Å². The first-order valence-electron chi connectivity index (χ1n) is 11.4. The second-order valence-corrected chi connectivity index (χ2v) is 10.2. The maximum absolute atomic E-state index is 13.6. The van der Waals surface area contributed by atoms with Crippen LogP contribution in [-0.4, -0.2) is 25.8 Å². The Bertz CT molecular complexity index is 1150. The number of carbonyl (C=O) groups is 1. The fraction of sp³-hybridized carbons (Fsp3) is 0.385. The van der Waals surface area contributed by atoms with Crippen molar-refractivity contribution < 1.29 is 18.1 Å². The highest BCUT2D eigenvalue weighted by Gasteiger charge is 2.27. The molecule has 2 unspecified atom stereocenters. The third kappa shape index (κ3) is 5.24. The standard InChI is InChI=1S/C26H29FN2O3S/c1-17(2)24-26(33(31)22-13-7-18(3)8-14-22)28-25(19-9-11-20(27)12-10-19)29(24)16-15-21-5-4-6-23(30)32-21/h7-14,17,21H,4-6,15-16H2,1-3H3. The Kier molecular flexibility index (Phi) is 7.08. The van der Waals surface area contributed by atoms with E-state index in [1.807, 2.05) is 31.2 Å². The Morgan fingerprint density at radius 1 is 1.15 bits per heavy atom. The molecule has 2 aromatic carbocycles. The minimum Gasteiger partial charge on any atom is -0.462 e. The van der Waals surface area contributed by atoms with Gasteiger partial charge in [0.25, 0.3) is 0 Å². The number of hydrogen-bond donors (Lipinski definition) is 0. The number of aromatic nitrogens is 2. The predicted molar refractivity (Wildman–Crippen MR) is 126 cm³/mol. The van der Waals surface area contributed by atoms with Crippen LogP contribution in [0.4, 0.5) is 4.39 Å². The first-order chi connectivity index (χ1) is 15.8. The van der Waals surface area contributed by atoms with E-state index in [1.165, 1.54) is 12.1 Å². The molecule has 174 valence electrons. The summed E-state index contributed by atoms with van der Waals surface area (Å²) in [6.07, 6.45) is 2.65. The van der Waals surface area contributed by atoms with Crippen LogP contribution in [0, 0.1) is 12.7 Å². The molecule has 7 heteroatoms. The van der Waals surface area contributed by atoms with Gasteiger partial charge in [0.15, 0.2) is 5.03 Å². The van der Waals surface area contributed by atoms with Gasteiger partial charge in [0.05, 0.1) is 5.69 Å². The number of cyclic esters (lactones) is 1. The second kappa shape index (κ2) is 10.00. The van der Waals surface area contributed by atoms with Crippen molar-refractivity contribution in [2.45, 2.75) is 74.9 Å². The van der Waals surface area contributed by atoms with E-state index in [9.17, 15) is 13.4 Å². The highest BCUT2D eigenvalue weighted by molar-refractivity contribution is 7.85. The molecule has 0 radical (unpaired) electrons. The van der Waals surface area contributed by atoms with Gasteiger partial charge in [-0.05, 0) is 62.1 Å². The summed E-state index contributed by atoms with van der Waals surface area (Å²) in [6, 6.07) is 13.8. The number of esters is 1. The highest BCUT2D eigenvalue weighted by Crippen LogP contribution is 2.33. The molecule has 0 spiro atoms. The van der Waals surface area contributed by atoms with Gasteiger partial charge in [0, 0.05) is 29.8 Å². The number of ether oxygens (including phenoxy) is 1. The normalized spacial score (nSPS) is 17.2. The van der Waals surface area contributed by atoms with Crippen LogP contribution in [0.3, 0.4) is 0 Å². The third-order valence-corrected chi connectivity index (χ3v) is 7.26. The molecule has 5 nitrogen and oxygen atoms in total. The summed E-state index contributed by atoms with van der Waals surface area (Å²) in [6.45, 7) is 6.67. The first kappa shape index (κ1) is 23.4. The van der Waals surface area contributed by atoms with Gasteiger partial charge in [0.1, 0.15) is 28.5 Å². The number of aryl methyl sites for hydroxylation is 1. The van der Waals surface area contributed by atoms with Gasteiger partial charge in [-0.25, -0.2) is 13.6 Å². The molecule has 1 aliphatic rings. The van der Waals surface area contributed by atoms with E-state index in [-0.39, 0.29) is 23.8 Å². The van der Waals surface area contributed by atoms with Gasteiger partial charge in [-0.3, -0.25) is 4.79 Å². The minimum atomic E-state index is -1.46. The number of imidazole rings is 1. The van der Waals surface area contributed by atoms with Crippen molar-refractivity contribution >= 4 is 16.8 Å². The molecule has 33 heavy (non-hydrogen) atoms. The summed E-state index contributed by atoms with van der Waals surface area (Å²) in [5.74, 6) is 0.237. The summed E-state index contributed by atoms with van der Waals surface area (Å²) in [4.78, 5) is 17.3. The summed E-state index contributed by atoms with van der Waals surface area (Å²) in [7, 11) is -1.46. The Morgan fingerprint density at radius 2 is 1.85 bits per heavy atom. The largest absolute Gasteiger partial charge is 0.462 e. The topological polar surface area (TPSA) is 61.2 Å². The molecule has 1 fully saturated rings. The van der Waals surface area contributed by atoms with Gasteiger partial charge < -0.3 is 9.30 Å². The molecular weight excluding hydrogens is 439 g/mol. The summed E-state index contributed by atoms with van der Waals surface area (Å²) in [5, 5.41) is 0.522. The number of carbonyl (C=O) groups excluding carboxylic acids is 1. The summed E-state index contributed by atoms with van der Waals surface area (Å²) >= 11 is 0. The van der Waals surface area contributed by atoms with Gasteiger partial charge >= 0.3 is 5.97 Å². The van der Waals surface area contributed by atoms with E-state index in [1.54, 1.807) is 12.1 Å². The minimum absolute atomic E-state index is 0.0602. The molecule has 0 N–H and O–H groups in total. The Morgan fingerprint density at radius 3 is 2.48 bits per heavy atom. The SMILES string of the molecule is Cc1ccc(S(=O)c2nc(-c3ccc(F)cc3)n(CCC3CCCC(=O)O3)c2C(C)C)cc1. The average molecular weight is 469 g/mol. The molecule has 0 aliphatic carbocycles. The molecule has 0 bridgehead atoms. The number of halogens is 1. The highest BCUT2D eigenvalue weighted by atomic mass is 32.2. The third-order valence-electron chi connectivity index (χ3n) is 5.91. The summed E-state index contributed by atoms with van der Waals surface area (Å²) < 4.78 is 34.8. The second-order valence-electron chi connectivity index (χ2n) is 8.81. The number of hydrogen-bond acceptors (Lipinski definition) is 4. The van der Waals surface area contributed by atoms with Crippen LogP contribution < -0.4 is 0 Å². The zero-order valence-electron chi connectivity index (χ0n) is 19.2. The Balaban J connectivity index is 1.77. The molecule has 2 heterocycles. The van der Waals surface area contributed by atoms with Crippen molar-refractivity contribution in [3.63, 3.8) is 0 Å². The lowest BCUT2D eigenvalue weighted by Crippen LogP contribution is -2.25. The number of nitrogens with zero attached hydrogens (tertiary/aromatic N) is 2. The quantitative estimate of drug-likeness (QED) is 0.413. The van der Waals surface area contributed by atoms with Crippen molar-refractivity contribution in [1.29, 1.82) is 0 Å². The van der Waals surface area contributed by atoms with Crippen molar-refractivity contribution in [2.75, 3.05) is 0 Å². The van der Waals surface area contributed by atoms with Crippen LogP contribution in [0.15, 0.2) is 58.5 Å². The van der Waals surface area contributed by atoms with Crippen molar-refractivity contribution in [3.8, 4) is 11.4 Å². The monoisotopic (exact) mass is 468 g/mol. The maximum atomic E-state index is 13.6. The fourth-order valence-electron chi connectivity index (χ4n) is 4.21. The van der Waals surface area contributed by atoms with E-state index in [0.717, 1.165) is 29.7 Å². The van der Waals surface area contributed by atoms with Crippen LogP contribution in [0.1, 0.15) is 56.7 Å². The van der Waals surface area contributed by atoms with E-state index in [0.29, 0.717) is 35.1 Å². The van der Waals surface area contributed by atoms with Gasteiger partial charge in [-0.2, -0.15) is 0 Å². The zero-order valence-corrected chi connectivity index (χ0v) is 20.0. The van der Waals surface area contributed by atoms with E-state index < -0.39 is 10.8 Å². The van der Waals surface area contributed by atoms with Crippen LogP contribution >= 0.6 is 0 Å². The molecule has 4 rings (SSSR count). The zero-order chi connectivity index (χ0) is 23.5. The molecule has 1 aliphatic heterocycles. The molecule has 0 amide bonds. The van der Waals surface area contributed by atoms with Gasteiger partial charge in [0.2, 0.25) is 0 Å². The van der Waals surface area contributed by atoms with Crippen LogP contribution in [0.5, 0.6) is 0 Å². The van der Waals surface area contributed by atoms with Crippen LogP contribution in [0.25, 0.3) is 11.4 Å². The number of benzene rings is 2. The number of rotatable bonds is 7. The van der Waals surface area contributed by atoms with E-state index >= 15 is 0 Å². The molecule has 0 saturated carbocycles. The van der Waals surface area contributed by atoms with Crippen molar-refractivity contribution in [1.82, 2.24) is 9.55 Å². The molecular formula is C26H29FN2O3S. The van der Waals surface area contributed by atoms with Gasteiger partial charge in [-0.1, -0.05) is 31.5 Å². The lowest BCUT2D eigenvalue weighted by atomic mass is 10.1. The van der Waals surface area contributed by atoms with Crippen molar-refractivity contribution in [3.05, 3.63) is 65.6 Å². The van der Waals surface area contributed by atoms with Crippen LogP contribution in [-0.2, 0) is 26.9 Å². The Hall–Kier alpha value is -2.80. The maximum Gasteiger partial charge on any atom is 0.306 e. The summed E-state index contributed by atoms with van der Waals surface area (Å²) in [5.41, 5.74) is 2.74. The molecule has 3 aromatic rings. The smallest absolute Gasteiger partial charge is 0.306 e. The van der Waals surface area contributed by atoms with Crippen LogP contribution in [0.2, 0.25) is 0 Å². The van der Waals surface area contributed by atoms with Crippen molar-refractivity contribution in [2.24, 2.45) is 0 Å².